The summed E-state index contributed by atoms with van der Waals surface area (Å²) in [6.07, 6.45) is 2.69. The van der Waals surface area contributed by atoms with Crippen LogP contribution >= 0.6 is 0 Å². The average molecular weight is 150 g/mol. The molecule has 1 heterocycles. The molecule has 0 amide bonds. The van der Waals surface area contributed by atoms with Crippen LogP contribution in [0.25, 0.3) is 0 Å². The van der Waals surface area contributed by atoms with E-state index >= 15 is 0 Å². The lowest BCUT2D eigenvalue weighted by atomic mass is 10.4. The van der Waals surface area contributed by atoms with Crippen LogP contribution in [0, 0.1) is 0 Å². The predicted molar refractivity (Wildman–Crippen MR) is 42.3 cm³/mol. The summed E-state index contributed by atoms with van der Waals surface area (Å²) in [4.78, 5) is 4.01. The number of hydrogen-bond donors (Lipinski definition) is 1. The molecule has 2 N–H and O–H groups in total. The molecule has 0 radical (unpaired) electrons. The normalized spacial score (nSPS) is 16.4. The van der Waals surface area contributed by atoms with Crippen LogP contribution in [0.3, 0.4) is 0 Å². The SMILES string of the molecule is Nc1cccc(OC2CC2)n1. The van der Waals surface area contributed by atoms with Crippen molar-refractivity contribution in [3.63, 3.8) is 0 Å². The van der Waals surface area contributed by atoms with Crippen molar-refractivity contribution < 1.29 is 4.74 Å². The maximum absolute atomic E-state index is 5.46. The van der Waals surface area contributed by atoms with Gasteiger partial charge in [-0.05, 0) is 18.9 Å². The Morgan fingerprint density at radius 2 is 2.27 bits per heavy atom. The summed E-state index contributed by atoms with van der Waals surface area (Å²) >= 11 is 0. The van der Waals surface area contributed by atoms with Gasteiger partial charge in [0, 0.05) is 6.07 Å². The van der Waals surface area contributed by atoms with Gasteiger partial charge in [-0.15, -0.1) is 0 Å². The lowest BCUT2D eigenvalue weighted by Gasteiger charge is -2.01. The fourth-order valence-electron chi connectivity index (χ4n) is 0.853. The van der Waals surface area contributed by atoms with Gasteiger partial charge in [-0.25, -0.2) is 0 Å². The number of ether oxygens (including phenoxy) is 1. The molecule has 0 saturated heterocycles. The first-order chi connectivity index (χ1) is 5.34. The van der Waals surface area contributed by atoms with E-state index in [9.17, 15) is 0 Å². The highest BCUT2D eigenvalue weighted by atomic mass is 16.5. The highest BCUT2D eigenvalue weighted by Crippen LogP contribution is 2.25. The van der Waals surface area contributed by atoms with E-state index in [-0.39, 0.29) is 0 Å². The van der Waals surface area contributed by atoms with E-state index in [0.717, 1.165) is 12.8 Å². The standard InChI is InChI=1S/C8H10N2O/c9-7-2-1-3-8(10-7)11-6-4-5-6/h1-3,6H,4-5H2,(H2,9,10). The van der Waals surface area contributed by atoms with Crippen molar-refractivity contribution in [2.75, 3.05) is 5.73 Å². The fraction of sp³-hybridized carbons (Fsp3) is 0.375. The minimum Gasteiger partial charge on any atom is -0.474 e. The Morgan fingerprint density at radius 1 is 1.45 bits per heavy atom. The molecule has 1 aliphatic carbocycles. The van der Waals surface area contributed by atoms with Crippen molar-refractivity contribution in [1.29, 1.82) is 0 Å². The van der Waals surface area contributed by atoms with Gasteiger partial charge in [-0.1, -0.05) is 6.07 Å². The van der Waals surface area contributed by atoms with Crippen LogP contribution in [0.2, 0.25) is 0 Å². The second-order valence-corrected chi connectivity index (χ2v) is 2.72. The summed E-state index contributed by atoms with van der Waals surface area (Å²) in [5.74, 6) is 1.16. The zero-order valence-electron chi connectivity index (χ0n) is 6.16. The molecule has 2 rings (SSSR count). The molecule has 1 aliphatic rings. The molecule has 11 heavy (non-hydrogen) atoms. The number of nitrogens with two attached hydrogens (primary N) is 1. The maximum atomic E-state index is 5.46. The monoisotopic (exact) mass is 150 g/mol. The van der Waals surface area contributed by atoms with Crippen molar-refractivity contribution >= 4 is 5.82 Å². The molecule has 0 aliphatic heterocycles. The Morgan fingerprint density at radius 3 is 2.91 bits per heavy atom. The molecule has 1 fully saturated rings. The molecule has 1 saturated carbocycles. The molecule has 3 nitrogen and oxygen atoms in total. The van der Waals surface area contributed by atoms with E-state index in [1.54, 1.807) is 6.07 Å². The molecule has 1 aromatic rings. The third-order valence-electron chi connectivity index (χ3n) is 1.56. The van der Waals surface area contributed by atoms with Crippen molar-refractivity contribution in [2.24, 2.45) is 0 Å². The van der Waals surface area contributed by atoms with Crippen LogP contribution in [-0.2, 0) is 0 Å². The molecule has 3 heteroatoms. The summed E-state index contributed by atoms with van der Waals surface area (Å²) in [6, 6.07) is 5.43. The molecule has 58 valence electrons. The Kier molecular flexibility index (Phi) is 1.42. The molecule has 0 unspecified atom stereocenters. The van der Waals surface area contributed by atoms with E-state index in [2.05, 4.69) is 4.98 Å². The van der Waals surface area contributed by atoms with Gasteiger partial charge in [0.25, 0.3) is 0 Å². The third kappa shape index (κ3) is 1.61. The van der Waals surface area contributed by atoms with E-state index in [4.69, 9.17) is 10.5 Å². The van der Waals surface area contributed by atoms with Crippen molar-refractivity contribution in [2.45, 2.75) is 18.9 Å². The van der Waals surface area contributed by atoms with Crippen LogP contribution in [0.4, 0.5) is 5.82 Å². The number of nitrogen functional groups attached to an aromatic ring is 1. The first-order valence-corrected chi connectivity index (χ1v) is 3.74. The highest BCUT2D eigenvalue weighted by Gasteiger charge is 2.23. The lowest BCUT2D eigenvalue weighted by molar-refractivity contribution is 0.291. The van der Waals surface area contributed by atoms with E-state index in [1.807, 2.05) is 12.1 Å². The number of nitrogens with zero attached hydrogens (tertiary/aromatic N) is 1. The average Bonchev–Trinajstić information content (AvgIpc) is 2.71. The Hall–Kier alpha value is -1.25. The van der Waals surface area contributed by atoms with Crippen molar-refractivity contribution in [3.8, 4) is 5.88 Å². The number of anilines is 1. The second kappa shape index (κ2) is 2.42. The number of hydrogen-bond acceptors (Lipinski definition) is 3. The van der Waals surface area contributed by atoms with Crippen LogP contribution in [0.5, 0.6) is 5.88 Å². The van der Waals surface area contributed by atoms with E-state index < -0.39 is 0 Å². The van der Waals surface area contributed by atoms with Gasteiger partial charge in [-0.2, -0.15) is 4.98 Å². The van der Waals surface area contributed by atoms with Gasteiger partial charge in [0.1, 0.15) is 11.9 Å². The highest BCUT2D eigenvalue weighted by molar-refractivity contribution is 5.31. The summed E-state index contributed by atoms with van der Waals surface area (Å²) in [7, 11) is 0. The Balaban J connectivity index is 2.10. The van der Waals surface area contributed by atoms with Gasteiger partial charge >= 0.3 is 0 Å². The van der Waals surface area contributed by atoms with Gasteiger partial charge in [0.15, 0.2) is 0 Å². The maximum Gasteiger partial charge on any atom is 0.215 e. The molecule has 0 spiro atoms. The zero-order chi connectivity index (χ0) is 7.68. The largest absolute Gasteiger partial charge is 0.474 e. The predicted octanol–water partition coefficient (Wildman–Crippen LogP) is 1.21. The first-order valence-electron chi connectivity index (χ1n) is 3.74. The summed E-state index contributed by atoms with van der Waals surface area (Å²) in [5, 5.41) is 0. The summed E-state index contributed by atoms with van der Waals surface area (Å²) < 4.78 is 5.42. The topological polar surface area (TPSA) is 48.1 Å². The van der Waals surface area contributed by atoms with E-state index in [0.29, 0.717) is 17.8 Å². The van der Waals surface area contributed by atoms with Crippen LogP contribution in [-0.4, -0.2) is 11.1 Å². The van der Waals surface area contributed by atoms with Gasteiger partial charge in [0.05, 0.1) is 0 Å². The smallest absolute Gasteiger partial charge is 0.215 e. The Labute approximate surface area is 65.2 Å². The lowest BCUT2D eigenvalue weighted by Crippen LogP contribution is -1.99. The molecule has 0 aromatic carbocycles. The molecule has 1 aromatic heterocycles. The Bertz CT molecular complexity index is 258. The third-order valence-corrected chi connectivity index (χ3v) is 1.56. The van der Waals surface area contributed by atoms with Crippen LogP contribution in [0.1, 0.15) is 12.8 Å². The van der Waals surface area contributed by atoms with Gasteiger partial charge < -0.3 is 10.5 Å². The van der Waals surface area contributed by atoms with Crippen molar-refractivity contribution in [3.05, 3.63) is 18.2 Å². The van der Waals surface area contributed by atoms with Gasteiger partial charge in [0.2, 0.25) is 5.88 Å². The number of pyridine rings is 1. The molecule has 0 bridgehead atoms. The first kappa shape index (κ1) is 6.46. The molecular formula is C8H10N2O. The van der Waals surface area contributed by atoms with Gasteiger partial charge in [-0.3, -0.25) is 0 Å². The molecular weight excluding hydrogens is 140 g/mol. The zero-order valence-corrected chi connectivity index (χ0v) is 6.16. The number of rotatable bonds is 2. The summed E-state index contributed by atoms with van der Waals surface area (Å²) in [5.41, 5.74) is 5.46. The summed E-state index contributed by atoms with van der Waals surface area (Å²) in [6.45, 7) is 0. The fourth-order valence-corrected chi connectivity index (χ4v) is 0.853. The van der Waals surface area contributed by atoms with Crippen molar-refractivity contribution in [1.82, 2.24) is 4.98 Å². The minimum absolute atomic E-state index is 0.393. The quantitative estimate of drug-likeness (QED) is 0.689. The van der Waals surface area contributed by atoms with Crippen LogP contribution < -0.4 is 10.5 Å². The second-order valence-electron chi connectivity index (χ2n) is 2.72. The minimum atomic E-state index is 0.393. The number of aromatic nitrogens is 1. The molecule has 0 atom stereocenters. The van der Waals surface area contributed by atoms with E-state index in [1.165, 1.54) is 0 Å². The van der Waals surface area contributed by atoms with Crippen LogP contribution in [0.15, 0.2) is 18.2 Å².